The lowest BCUT2D eigenvalue weighted by Gasteiger charge is -2.08. The number of Topliss-reactive ketones (excluding diaryl/α,β-unsaturated/α-hetero) is 1. The average molecular weight is 513 g/mol. The van der Waals surface area contributed by atoms with Crippen molar-refractivity contribution in [2.45, 2.75) is 45.4 Å². The Morgan fingerprint density at radius 2 is 1.75 bits per heavy atom. The maximum Gasteiger partial charge on any atom is 0.303 e. The van der Waals surface area contributed by atoms with Crippen LogP contribution in [-0.4, -0.2) is 46.9 Å². The first-order valence-corrected chi connectivity index (χ1v) is 12.1. The molecule has 2 N–H and O–H groups in total. The number of ether oxygens (including phenoxy) is 1. The van der Waals surface area contributed by atoms with Crippen molar-refractivity contribution < 1.29 is 29.0 Å². The van der Waals surface area contributed by atoms with Gasteiger partial charge in [-0.1, -0.05) is 18.0 Å². The van der Waals surface area contributed by atoms with Gasteiger partial charge in [-0.25, -0.2) is 0 Å². The molecule has 0 saturated heterocycles. The molecule has 2 aromatic carbocycles. The lowest BCUT2D eigenvalue weighted by atomic mass is 10.0. The van der Waals surface area contributed by atoms with E-state index in [4.69, 9.17) is 21.4 Å². The number of aliphatic carboxylic acids is 1. The van der Waals surface area contributed by atoms with Gasteiger partial charge < -0.3 is 15.2 Å². The highest BCUT2D eigenvalue weighted by molar-refractivity contribution is 6.30. The zero-order valence-corrected chi connectivity index (χ0v) is 21.1. The molecule has 0 radical (unpaired) electrons. The number of carbonyl (C=O) groups excluding carboxylic acids is 3. The minimum Gasteiger partial charge on any atom is -0.497 e. The van der Waals surface area contributed by atoms with E-state index in [1.54, 1.807) is 61.1 Å². The fourth-order valence-corrected chi connectivity index (χ4v) is 4.23. The van der Waals surface area contributed by atoms with E-state index in [2.05, 4.69) is 5.32 Å². The SMILES string of the molecule is COc1ccc2c(c1)c(CC(=O)CC(=O)NCCCCCC(=O)O)c(C)n2C(=O)c1ccc(Cl)cc1. The van der Waals surface area contributed by atoms with Gasteiger partial charge in [0.05, 0.1) is 19.0 Å². The molecule has 0 aliphatic carbocycles. The van der Waals surface area contributed by atoms with Crippen molar-refractivity contribution in [3.63, 3.8) is 0 Å². The summed E-state index contributed by atoms with van der Waals surface area (Å²) in [5, 5.41) is 12.6. The van der Waals surface area contributed by atoms with Crippen LogP contribution in [0.1, 0.15) is 53.7 Å². The van der Waals surface area contributed by atoms with Crippen molar-refractivity contribution in [1.82, 2.24) is 9.88 Å². The number of hydrogen-bond donors (Lipinski definition) is 2. The molecule has 0 atom stereocenters. The molecule has 9 heteroatoms. The second-order valence-corrected chi connectivity index (χ2v) is 8.98. The molecule has 0 spiro atoms. The topological polar surface area (TPSA) is 115 Å². The predicted octanol–water partition coefficient (Wildman–Crippen LogP) is 4.56. The van der Waals surface area contributed by atoms with E-state index in [1.807, 2.05) is 0 Å². The van der Waals surface area contributed by atoms with Crippen LogP contribution in [0.4, 0.5) is 0 Å². The van der Waals surface area contributed by atoms with Crippen LogP contribution in [0.5, 0.6) is 5.75 Å². The van der Waals surface area contributed by atoms with Crippen molar-refractivity contribution in [3.05, 3.63) is 64.3 Å². The van der Waals surface area contributed by atoms with Gasteiger partial charge in [0, 0.05) is 41.1 Å². The summed E-state index contributed by atoms with van der Waals surface area (Å²) in [6.45, 7) is 2.16. The molecule has 1 amide bonds. The van der Waals surface area contributed by atoms with Gasteiger partial charge in [0.1, 0.15) is 11.5 Å². The Morgan fingerprint density at radius 3 is 2.42 bits per heavy atom. The summed E-state index contributed by atoms with van der Waals surface area (Å²) in [5.74, 6) is -1.16. The van der Waals surface area contributed by atoms with Gasteiger partial charge in [-0.2, -0.15) is 0 Å². The first-order valence-electron chi connectivity index (χ1n) is 11.7. The standard InChI is InChI=1S/C27H29ClN2O6/c1-17-22(14-20(31)15-25(32)29-13-5-3-4-6-26(33)34)23-16-21(36-2)11-12-24(23)30(17)27(35)18-7-9-19(28)10-8-18/h7-12,16H,3-6,13-15H2,1-2H3,(H,29,32)(H,33,34). The van der Waals surface area contributed by atoms with Crippen molar-refractivity contribution in [3.8, 4) is 5.75 Å². The van der Waals surface area contributed by atoms with Crippen LogP contribution in [-0.2, 0) is 20.8 Å². The molecule has 0 aliphatic rings. The van der Waals surface area contributed by atoms with Gasteiger partial charge in [-0.05, 0) is 67.8 Å². The summed E-state index contributed by atoms with van der Waals surface area (Å²) in [6, 6.07) is 11.9. The fourth-order valence-electron chi connectivity index (χ4n) is 4.10. The van der Waals surface area contributed by atoms with Crippen molar-refractivity contribution in [2.75, 3.05) is 13.7 Å². The van der Waals surface area contributed by atoms with Gasteiger partial charge in [0.25, 0.3) is 5.91 Å². The van der Waals surface area contributed by atoms with Crippen LogP contribution >= 0.6 is 11.6 Å². The number of aromatic nitrogens is 1. The number of fused-ring (bicyclic) bond motifs is 1. The van der Waals surface area contributed by atoms with Crippen LogP contribution < -0.4 is 10.1 Å². The smallest absolute Gasteiger partial charge is 0.303 e. The Balaban J connectivity index is 1.75. The largest absolute Gasteiger partial charge is 0.497 e. The highest BCUT2D eigenvalue weighted by Crippen LogP contribution is 2.31. The van der Waals surface area contributed by atoms with E-state index in [9.17, 15) is 19.2 Å². The number of unbranched alkanes of at least 4 members (excludes halogenated alkanes) is 2. The number of hydrogen-bond acceptors (Lipinski definition) is 5. The third kappa shape index (κ3) is 6.73. The van der Waals surface area contributed by atoms with Crippen LogP contribution in [0, 0.1) is 6.92 Å². The lowest BCUT2D eigenvalue weighted by molar-refractivity contribution is -0.137. The maximum atomic E-state index is 13.4. The van der Waals surface area contributed by atoms with Gasteiger partial charge in [-0.15, -0.1) is 0 Å². The van der Waals surface area contributed by atoms with E-state index in [0.29, 0.717) is 64.3 Å². The molecule has 0 saturated carbocycles. The lowest BCUT2D eigenvalue weighted by Crippen LogP contribution is -2.27. The van der Waals surface area contributed by atoms with E-state index in [1.165, 1.54) is 0 Å². The number of carboxylic acid groups (broad SMARTS) is 1. The summed E-state index contributed by atoms with van der Waals surface area (Å²) < 4.78 is 6.92. The van der Waals surface area contributed by atoms with Gasteiger partial charge in [0.2, 0.25) is 5.91 Å². The number of rotatable bonds is 12. The molecule has 0 bridgehead atoms. The van der Waals surface area contributed by atoms with Crippen LogP contribution in [0.15, 0.2) is 42.5 Å². The summed E-state index contributed by atoms with van der Waals surface area (Å²) in [5.41, 5.74) is 2.38. The first kappa shape index (κ1) is 26.9. The minimum absolute atomic E-state index is 0.0115. The number of ketones is 1. The van der Waals surface area contributed by atoms with Crippen molar-refractivity contribution in [1.29, 1.82) is 0 Å². The molecule has 36 heavy (non-hydrogen) atoms. The molecule has 0 fully saturated rings. The highest BCUT2D eigenvalue weighted by Gasteiger charge is 2.22. The minimum atomic E-state index is -0.839. The van der Waals surface area contributed by atoms with Gasteiger partial charge >= 0.3 is 5.97 Å². The molecular weight excluding hydrogens is 484 g/mol. The third-order valence-corrected chi connectivity index (χ3v) is 6.21. The Labute approximate surface area is 214 Å². The van der Waals surface area contributed by atoms with E-state index in [-0.39, 0.29) is 36.9 Å². The second-order valence-electron chi connectivity index (χ2n) is 8.54. The average Bonchev–Trinajstić information content (AvgIpc) is 3.11. The zero-order valence-electron chi connectivity index (χ0n) is 20.3. The number of methoxy groups -OCH3 is 1. The maximum absolute atomic E-state index is 13.4. The monoisotopic (exact) mass is 512 g/mol. The zero-order chi connectivity index (χ0) is 26.2. The van der Waals surface area contributed by atoms with Crippen LogP contribution in [0.2, 0.25) is 5.02 Å². The Morgan fingerprint density at radius 1 is 1.03 bits per heavy atom. The normalized spacial score (nSPS) is 10.9. The summed E-state index contributed by atoms with van der Waals surface area (Å²) in [7, 11) is 1.54. The Bertz CT molecular complexity index is 1280. The molecule has 1 aromatic heterocycles. The molecule has 3 aromatic rings. The summed E-state index contributed by atoms with van der Waals surface area (Å²) in [4.78, 5) is 48.9. The number of nitrogens with one attached hydrogen (secondary N) is 1. The molecule has 3 rings (SSSR count). The van der Waals surface area contributed by atoms with Crippen LogP contribution in [0.3, 0.4) is 0 Å². The van der Waals surface area contributed by atoms with Gasteiger partial charge in [0.15, 0.2) is 0 Å². The molecule has 0 unspecified atom stereocenters. The number of carboxylic acids is 1. The Kier molecular flexibility index (Phi) is 9.25. The molecule has 0 aliphatic heterocycles. The number of benzene rings is 2. The van der Waals surface area contributed by atoms with E-state index < -0.39 is 5.97 Å². The Hall–Kier alpha value is -3.65. The fraction of sp³-hybridized carbons (Fsp3) is 0.333. The van der Waals surface area contributed by atoms with Crippen LogP contribution in [0.25, 0.3) is 10.9 Å². The quantitative estimate of drug-likeness (QED) is 0.271. The number of nitrogens with zero attached hydrogens (tertiary/aromatic N) is 1. The predicted molar refractivity (Wildman–Crippen MR) is 137 cm³/mol. The highest BCUT2D eigenvalue weighted by atomic mass is 35.5. The number of halogens is 1. The van der Waals surface area contributed by atoms with Gasteiger partial charge in [-0.3, -0.25) is 23.7 Å². The second kappa shape index (κ2) is 12.4. The first-order chi connectivity index (χ1) is 17.2. The number of amides is 1. The molecule has 1 heterocycles. The van der Waals surface area contributed by atoms with Crippen molar-refractivity contribution >= 4 is 46.1 Å². The molecular formula is C27H29ClN2O6. The summed E-state index contributed by atoms with van der Waals surface area (Å²) >= 11 is 5.97. The third-order valence-electron chi connectivity index (χ3n) is 5.96. The van der Waals surface area contributed by atoms with E-state index in [0.717, 1.165) is 0 Å². The van der Waals surface area contributed by atoms with E-state index >= 15 is 0 Å². The summed E-state index contributed by atoms with van der Waals surface area (Å²) in [6.07, 6.45) is 1.68. The number of carbonyl (C=O) groups is 4. The molecule has 190 valence electrons. The van der Waals surface area contributed by atoms with Crippen molar-refractivity contribution in [2.24, 2.45) is 0 Å². The molecule has 8 nitrogen and oxygen atoms in total.